The van der Waals surface area contributed by atoms with Crippen LogP contribution in [0.5, 0.6) is 0 Å². The van der Waals surface area contributed by atoms with E-state index in [4.69, 9.17) is 4.74 Å². The van der Waals surface area contributed by atoms with Crippen LogP contribution < -0.4 is 0 Å². The number of aliphatic hydroxyl groups excluding tert-OH is 1. The Morgan fingerprint density at radius 2 is 2.23 bits per heavy atom. The Balaban J connectivity index is 2.88. The number of ether oxygens (including phenoxy) is 1. The van der Waals surface area contributed by atoms with E-state index >= 15 is 0 Å². The van der Waals surface area contributed by atoms with Gasteiger partial charge in [-0.25, -0.2) is 4.39 Å². The fraction of sp³-hybridized carbons (Fsp3) is 0.400. The first-order valence-electron chi connectivity index (χ1n) is 4.08. The standard InChI is InChI=1S/C10H13FO2/c1-7-3-4-8(9(11)5-7)10(12)6-13-2/h3-5,10,12H,6H2,1-2H3. The first-order chi connectivity index (χ1) is 6.15. The summed E-state index contributed by atoms with van der Waals surface area (Å²) < 4.78 is 17.9. The van der Waals surface area contributed by atoms with Gasteiger partial charge in [0.1, 0.15) is 11.9 Å². The molecule has 3 heteroatoms. The molecule has 1 N–H and O–H groups in total. The summed E-state index contributed by atoms with van der Waals surface area (Å²) in [5.41, 5.74) is 1.12. The van der Waals surface area contributed by atoms with Gasteiger partial charge < -0.3 is 9.84 Å². The molecule has 1 rings (SSSR count). The maximum absolute atomic E-state index is 13.2. The van der Waals surface area contributed by atoms with Crippen LogP contribution in [-0.4, -0.2) is 18.8 Å². The van der Waals surface area contributed by atoms with Gasteiger partial charge in [0.2, 0.25) is 0 Å². The second-order valence-corrected chi connectivity index (χ2v) is 3.00. The number of benzene rings is 1. The van der Waals surface area contributed by atoms with Crippen LogP contribution in [0.1, 0.15) is 17.2 Å². The van der Waals surface area contributed by atoms with Crippen molar-refractivity contribution in [3.63, 3.8) is 0 Å². The van der Waals surface area contributed by atoms with Gasteiger partial charge in [-0.2, -0.15) is 0 Å². The topological polar surface area (TPSA) is 29.5 Å². The Morgan fingerprint density at radius 3 is 2.77 bits per heavy atom. The third-order valence-corrected chi connectivity index (χ3v) is 1.84. The molecule has 0 fully saturated rings. The van der Waals surface area contributed by atoms with E-state index in [-0.39, 0.29) is 18.0 Å². The van der Waals surface area contributed by atoms with E-state index in [9.17, 15) is 9.50 Å². The van der Waals surface area contributed by atoms with Crippen LogP contribution in [0, 0.1) is 12.7 Å². The van der Waals surface area contributed by atoms with Gasteiger partial charge in [-0.1, -0.05) is 12.1 Å². The molecule has 0 saturated carbocycles. The van der Waals surface area contributed by atoms with Crippen molar-refractivity contribution in [3.05, 3.63) is 35.1 Å². The van der Waals surface area contributed by atoms with Gasteiger partial charge in [0.15, 0.2) is 0 Å². The monoisotopic (exact) mass is 184 g/mol. The van der Waals surface area contributed by atoms with Gasteiger partial charge in [-0.3, -0.25) is 0 Å². The number of halogens is 1. The average Bonchev–Trinajstić information content (AvgIpc) is 2.04. The minimum Gasteiger partial charge on any atom is -0.386 e. The van der Waals surface area contributed by atoms with Gasteiger partial charge in [0, 0.05) is 12.7 Å². The van der Waals surface area contributed by atoms with Crippen molar-refractivity contribution in [1.29, 1.82) is 0 Å². The van der Waals surface area contributed by atoms with Crippen molar-refractivity contribution >= 4 is 0 Å². The molecule has 72 valence electrons. The highest BCUT2D eigenvalue weighted by Crippen LogP contribution is 2.18. The minimum atomic E-state index is -0.884. The molecule has 13 heavy (non-hydrogen) atoms. The van der Waals surface area contributed by atoms with E-state index in [0.29, 0.717) is 0 Å². The van der Waals surface area contributed by atoms with Gasteiger partial charge in [-0.05, 0) is 18.6 Å². The SMILES string of the molecule is COCC(O)c1ccc(C)cc1F. The number of aryl methyl sites for hydroxylation is 1. The quantitative estimate of drug-likeness (QED) is 0.776. The van der Waals surface area contributed by atoms with Gasteiger partial charge >= 0.3 is 0 Å². The number of hydrogen-bond acceptors (Lipinski definition) is 2. The Morgan fingerprint density at radius 1 is 1.54 bits per heavy atom. The fourth-order valence-corrected chi connectivity index (χ4v) is 1.15. The third kappa shape index (κ3) is 2.50. The summed E-state index contributed by atoms with van der Waals surface area (Å²) in [6, 6.07) is 4.74. The van der Waals surface area contributed by atoms with E-state index in [0.717, 1.165) is 5.56 Å². The Hall–Kier alpha value is -0.930. The highest BCUT2D eigenvalue weighted by molar-refractivity contribution is 5.25. The average molecular weight is 184 g/mol. The summed E-state index contributed by atoms with van der Waals surface area (Å²) in [6.45, 7) is 1.91. The molecular formula is C10H13FO2. The molecule has 1 aromatic rings. The zero-order valence-electron chi connectivity index (χ0n) is 7.75. The molecule has 1 unspecified atom stereocenters. The number of rotatable bonds is 3. The lowest BCUT2D eigenvalue weighted by Gasteiger charge is -2.10. The van der Waals surface area contributed by atoms with Gasteiger partial charge in [0.25, 0.3) is 0 Å². The Bertz CT molecular complexity index is 286. The third-order valence-electron chi connectivity index (χ3n) is 1.84. The molecule has 0 bridgehead atoms. The van der Waals surface area contributed by atoms with E-state index in [1.54, 1.807) is 19.1 Å². The predicted octanol–water partition coefficient (Wildman–Crippen LogP) is 1.81. The van der Waals surface area contributed by atoms with Gasteiger partial charge in [-0.15, -0.1) is 0 Å². The first kappa shape index (κ1) is 10.2. The van der Waals surface area contributed by atoms with Crippen LogP contribution in [-0.2, 0) is 4.74 Å². The van der Waals surface area contributed by atoms with Crippen molar-refractivity contribution in [2.24, 2.45) is 0 Å². The second-order valence-electron chi connectivity index (χ2n) is 3.00. The van der Waals surface area contributed by atoms with E-state index in [2.05, 4.69) is 0 Å². The maximum atomic E-state index is 13.2. The van der Waals surface area contributed by atoms with Crippen LogP contribution >= 0.6 is 0 Å². The summed E-state index contributed by atoms with van der Waals surface area (Å²) in [7, 11) is 1.47. The highest BCUT2D eigenvalue weighted by Gasteiger charge is 2.11. The normalized spacial score (nSPS) is 12.9. The van der Waals surface area contributed by atoms with Gasteiger partial charge in [0.05, 0.1) is 6.61 Å². The predicted molar refractivity (Wildman–Crippen MR) is 48.0 cm³/mol. The van der Waals surface area contributed by atoms with Crippen LogP contribution in [0.4, 0.5) is 4.39 Å². The van der Waals surface area contributed by atoms with E-state index in [1.165, 1.54) is 13.2 Å². The van der Waals surface area contributed by atoms with E-state index < -0.39 is 6.10 Å². The molecular weight excluding hydrogens is 171 g/mol. The minimum absolute atomic E-state index is 0.111. The van der Waals surface area contributed by atoms with Crippen molar-refractivity contribution in [1.82, 2.24) is 0 Å². The summed E-state index contributed by atoms with van der Waals surface area (Å²) in [5.74, 6) is -0.385. The molecule has 0 saturated heterocycles. The van der Waals surface area contributed by atoms with Crippen molar-refractivity contribution < 1.29 is 14.2 Å². The molecule has 0 heterocycles. The molecule has 2 nitrogen and oxygen atoms in total. The fourth-order valence-electron chi connectivity index (χ4n) is 1.15. The smallest absolute Gasteiger partial charge is 0.129 e. The lowest BCUT2D eigenvalue weighted by atomic mass is 10.1. The molecule has 0 aliphatic carbocycles. The number of aliphatic hydroxyl groups is 1. The molecule has 0 aliphatic rings. The lowest BCUT2D eigenvalue weighted by molar-refractivity contribution is 0.0621. The van der Waals surface area contributed by atoms with Crippen LogP contribution in [0.25, 0.3) is 0 Å². The summed E-state index contributed by atoms with van der Waals surface area (Å²) in [6.07, 6.45) is -0.884. The summed E-state index contributed by atoms with van der Waals surface area (Å²) >= 11 is 0. The highest BCUT2D eigenvalue weighted by atomic mass is 19.1. The summed E-state index contributed by atoms with van der Waals surface area (Å²) in [4.78, 5) is 0. The van der Waals surface area contributed by atoms with Crippen LogP contribution in [0.15, 0.2) is 18.2 Å². The first-order valence-corrected chi connectivity index (χ1v) is 4.08. The second kappa shape index (κ2) is 4.35. The molecule has 0 aromatic heterocycles. The Kier molecular flexibility index (Phi) is 3.39. The molecule has 0 spiro atoms. The molecule has 1 aromatic carbocycles. The van der Waals surface area contributed by atoms with E-state index in [1.807, 2.05) is 0 Å². The largest absolute Gasteiger partial charge is 0.386 e. The molecule has 1 atom stereocenters. The molecule has 0 aliphatic heterocycles. The maximum Gasteiger partial charge on any atom is 0.129 e. The van der Waals surface area contributed by atoms with Crippen molar-refractivity contribution in [2.75, 3.05) is 13.7 Å². The Labute approximate surface area is 77.0 Å². The lowest BCUT2D eigenvalue weighted by Crippen LogP contribution is -2.07. The molecule has 0 amide bonds. The summed E-state index contributed by atoms with van der Waals surface area (Å²) in [5, 5.41) is 9.43. The molecule has 0 radical (unpaired) electrons. The van der Waals surface area contributed by atoms with Crippen molar-refractivity contribution in [3.8, 4) is 0 Å². The van der Waals surface area contributed by atoms with Crippen LogP contribution in [0.3, 0.4) is 0 Å². The number of methoxy groups -OCH3 is 1. The zero-order valence-corrected chi connectivity index (χ0v) is 7.75. The number of hydrogen-bond donors (Lipinski definition) is 1. The zero-order chi connectivity index (χ0) is 9.84. The van der Waals surface area contributed by atoms with Crippen LogP contribution in [0.2, 0.25) is 0 Å². The van der Waals surface area contributed by atoms with Crippen molar-refractivity contribution in [2.45, 2.75) is 13.0 Å².